The number of amides is 1. The Morgan fingerprint density at radius 1 is 1.41 bits per heavy atom. The van der Waals surface area contributed by atoms with E-state index in [0.29, 0.717) is 0 Å². The molecule has 0 radical (unpaired) electrons. The van der Waals surface area contributed by atoms with Gasteiger partial charge < -0.3 is 20.0 Å². The zero-order valence-corrected chi connectivity index (χ0v) is 10.9. The number of anilines is 1. The molecule has 0 bridgehead atoms. The molecule has 0 aliphatic carbocycles. The van der Waals surface area contributed by atoms with Crippen LogP contribution in [0.2, 0.25) is 0 Å². The SMILES string of the molecule is O=C(Cn1cnc([N+](=O)[O-])c1)Nc1cccc(C(F)(F)F)c1. The number of nitro groups is 1. The predicted molar refractivity (Wildman–Crippen MR) is 69.0 cm³/mol. The Hall–Kier alpha value is -2.91. The van der Waals surface area contributed by atoms with Gasteiger partial charge in [0.1, 0.15) is 12.7 Å². The number of benzene rings is 1. The highest BCUT2D eigenvalue weighted by Crippen LogP contribution is 2.30. The van der Waals surface area contributed by atoms with Gasteiger partial charge in [-0.05, 0) is 28.1 Å². The summed E-state index contributed by atoms with van der Waals surface area (Å²) in [5.41, 5.74) is -0.905. The van der Waals surface area contributed by atoms with Gasteiger partial charge in [-0.3, -0.25) is 4.79 Å². The normalized spacial score (nSPS) is 11.2. The fourth-order valence-electron chi connectivity index (χ4n) is 1.67. The van der Waals surface area contributed by atoms with Crippen LogP contribution in [0.25, 0.3) is 0 Å². The zero-order valence-electron chi connectivity index (χ0n) is 10.9. The minimum absolute atomic E-state index is 0.0190. The average Bonchev–Trinajstić information content (AvgIpc) is 2.86. The highest BCUT2D eigenvalue weighted by Gasteiger charge is 2.30. The summed E-state index contributed by atoms with van der Waals surface area (Å²) in [5, 5.41) is 12.7. The van der Waals surface area contributed by atoms with Gasteiger partial charge in [-0.25, -0.2) is 0 Å². The van der Waals surface area contributed by atoms with Gasteiger partial charge in [-0.1, -0.05) is 6.07 Å². The molecule has 2 aromatic rings. The number of nitrogens with one attached hydrogen (secondary N) is 1. The Kier molecular flexibility index (Phi) is 4.11. The van der Waals surface area contributed by atoms with E-state index in [-0.39, 0.29) is 12.2 Å². The van der Waals surface area contributed by atoms with Crippen molar-refractivity contribution in [1.29, 1.82) is 0 Å². The van der Waals surface area contributed by atoms with Crippen molar-refractivity contribution in [3.05, 3.63) is 52.5 Å². The molecule has 0 atom stereocenters. The van der Waals surface area contributed by atoms with Crippen LogP contribution >= 0.6 is 0 Å². The van der Waals surface area contributed by atoms with Gasteiger partial charge in [0.2, 0.25) is 12.2 Å². The Morgan fingerprint density at radius 3 is 2.73 bits per heavy atom. The largest absolute Gasteiger partial charge is 0.416 e. The van der Waals surface area contributed by atoms with Crippen LogP contribution in [0.4, 0.5) is 24.7 Å². The fraction of sp³-hybridized carbons (Fsp3) is 0.167. The molecule has 1 aromatic heterocycles. The summed E-state index contributed by atoms with van der Waals surface area (Å²) < 4.78 is 38.8. The molecule has 22 heavy (non-hydrogen) atoms. The number of carbonyl (C=O) groups excluding carboxylic acids is 1. The average molecular weight is 314 g/mol. The summed E-state index contributed by atoms with van der Waals surface area (Å²) in [6.07, 6.45) is -2.37. The monoisotopic (exact) mass is 314 g/mol. The first-order valence-electron chi connectivity index (χ1n) is 5.89. The van der Waals surface area contributed by atoms with Gasteiger partial charge in [-0.15, -0.1) is 0 Å². The van der Waals surface area contributed by atoms with E-state index in [1.807, 2.05) is 0 Å². The Labute approximate surface area is 121 Å². The van der Waals surface area contributed by atoms with E-state index in [1.165, 1.54) is 12.1 Å². The summed E-state index contributed by atoms with van der Waals surface area (Å²) >= 11 is 0. The maximum atomic E-state index is 12.5. The topological polar surface area (TPSA) is 90.1 Å². The van der Waals surface area contributed by atoms with Crippen LogP contribution in [0, 0.1) is 10.1 Å². The number of carbonyl (C=O) groups is 1. The Balaban J connectivity index is 2.04. The second-order valence-electron chi connectivity index (χ2n) is 4.29. The first-order valence-corrected chi connectivity index (χ1v) is 5.89. The van der Waals surface area contributed by atoms with Crippen molar-refractivity contribution >= 4 is 17.4 Å². The van der Waals surface area contributed by atoms with Crippen LogP contribution in [0.5, 0.6) is 0 Å². The Morgan fingerprint density at radius 2 is 2.14 bits per heavy atom. The summed E-state index contributed by atoms with van der Waals surface area (Å²) in [7, 11) is 0. The standard InChI is InChI=1S/C12H9F3N4O3/c13-12(14,15)8-2-1-3-9(4-8)17-11(20)6-18-5-10(16-7-18)19(21)22/h1-5,7H,6H2,(H,17,20). The van der Waals surface area contributed by atoms with Crippen molar-refractivity contribution in [2.24, 2.45) is 0 Å². The summed E-state index contributed by atoms with van der Waals surface area (Å²) in [6.45, 7) is -0.308. The van der Waals surface area contributed by atoms with Crippen LogP contribution in [0.1, 0.15) is 5.56 Å². The maximum absolute atomic E-state index is 12.5. The minimum atomic E-state index is -4.51. The smallest absolute Gasteiger partial charge is 0.358 e. The van der Waals surface area contributed by atoms with Gasteiger partial charge >= 0.3 is 12.0 Å². The van der Waals surface area contributed by atoms with Crippen molar-refractivity contribution in [3.8, 4) is 0 Å². The molecule has 0 spiro atoms. The van der Waals surface area contributed by atoms with Crippen molar-refractivity contribution in [2.75, 3.05) is 5.32 Å². The molecular formula is C12H9F3N4O3. The van der Waals surface area contributed by atoms with Gasteiger partial charge in [0.15, 0.2) is 0 Å². The molecule has 0 aliphatic rings. The van der Waals surface area contributed by atoms with Crippen LogP contribution in [0.15, 0.2) is 36.8 Å². The van der Waals surface area contributed by atoms with E-state index in [2.05, 4.69) is 10.3 Å². The number of nitrogens with zero attached hydrogens (tertiary/aromatic N) is 3. The third-order valence-corrected chi connectivity index (χ3v) is 2.61. The summed E-state index contributed by atoms with van der Waals surface area (Å²) in [5.74, 6) is -1.06. The van der Waals surface area contributed by atoms with Gasteiger partial charge in [0.25, 0.3) is 0 Å². The lowest BCUT2D eigenvalue weighted by atomic mass is 10.2. The summed E-state index contributed by atoms with van der Waals surface area (Å²) in [6, 6.07) is 4.16. The number of imidazole rings is 1. The predicted octanol–water partition coefficient (Wildman–Crippen LogP) is 2.45. The van der Waals surface area contributed by atoms with Crippen LogP contribution in [-0.2, 0) is 17.5 Å². The molecule has 0 saturated heterocycles. The van der Waals surface area contributed by atoms with Crippen molar-refractivity contribution in [2.45, 2.75) is 12.7 Å². The molecule has 10 heteroatoms. The molecule has 1 N–H and O–H groups in total. The van der Waals surface area contributed by atoms with E-state index in [9.17, 15) is 28.1 Å². The minimum Gasteiger partial charge on any atom is -0.358 e. The molecule has 0 saturated carbocycles. The van der Waals surface area contributed by atoms with Crippen LogP contribution in [0.3, 0.4) is 0 Å². The number of aromatic nitrogens is 2. The maximum Gasteiger partial charge on any atom is 0.416 e. The van der Waals surface area contributed by atoms with Crippen molar-refractivity contribution in [3.63, 3.8) is 0 Å². The van der Waals surface area contributed by atoms with E-state index in [0.717, 1.165) is 29.2 Å². The lowest BCUT2D eigenvalue weighted by Crippen LogP contribution is -2.18. The molecule has 0 unspecified atom stereocenters. The Bertz CT molecular complexity index is 712. The lowest BCUT2D eigenvalue weighted by Gasteiger charge is -2.09. The third-order valence-electron chi connectivity index (χ3n) is 2.61. The number of alkyl halides is 3. The van der Waals surface area contributed by atoms with E-state index >= 15 is 0 Å². The highest BCUT2D eigenvalue weighted by molar-refractivity contribution is 5.90. The van der Waals surface area contributed by atoms with Crippen molar-refractivity contribution in [1.82, 2.24) is 9.55 Å². The molecule has 0 fully saturated rings. The molecule has 116 valence electrons. The van der Waals surface area contributed by atoms with Crippen molar-refractivity contribution < 1.29 is 22.9 Å². The quantitative estimate of drug-likeness (QED) is 0.693. The number of hydrogen-bond donors (Lipinski definition) is 1. The zero-order chi connectivity index (χ0) is 16.3. The number of halogens is 3. The van der Waals surface area contributed by atoms with Crippen LogP contribution in [-0.4, -0.2) is 20.4 Å². The molecule has 1 heterocycles. The molecule has 0 aliphatic heterocycles. The molecule has 1 aromatic carbocycles. The molecule has 1 amide bonds. The number of hydrogen-bond acceptors (Lipinski definition) is 4. The molecule has 7 nitrogen and oxygen atoms in total. The second kappa shape index (κ2) is 5.84. The second-order valence-corrected chi connectivity index (χ2v) is 4.29. The van der Waals surface area contributed by atoms with E-state index in [4.69, 9.17) is 0 Å². The van der Waals surface area contributed by atoms with Gasteiger partial charge in [0.05, 0.1) is 5.56 Å². The molecular weight excluding hydrogens is 305 g/mol. The first kappa shape index (κ1) is 15.5. The van der Waals surface area contributed by atoms with Gasteiger partial charge in [0, 0.05) is 5.69 Å². The van der Waals surface area contributed by atoms with Gasteiger partial charge in [-0.2, -0.15) is 13.2 Å². The number of rotatable bonds is 4. The van der Waals surface area contributed by atoms with Crippen LogP contribution < -0.4 is 5.32 Å². The van der Waals surface area contributed by atoms with E-state index in [1.54, 1.807) is 0 Å². The first-order chi connectivity index (χ1) is 10.3. The summed E-state index contributed by atoms with van der Waals surface area (Å²) in [4.78, 5) is 24.9. The highest BCUT2D eigenvalue weighted by atomic mass is 19.4. The van der Waals surface area contributed by atoms with E-state index < -0.39 is 28.4 Å². The fourth-order valence-corrected chi connectivity index (χ4v) is 1.67. The third kappa shape index (κ3) is 3.81. The molecule has 2 rings (SSSR count). The lowest BCUT2D eigenvalue weighted by molar-refractivity contribution is -0.389.